The number of amides is 3. The molecular formula is C23H21N3O4. The van der Waals surface area contributed by atoms with Gasteiger partial charge in [-0.1, -0.05) is 42.5 Å². The molecule has 2 aromatic carbocycles. The van der Waals surface area contributed by atoms with E-state index in [1.165, 1.54) is 11.2 Å². The average molecular weight is 403 g/mol. The average Bonchev–Trinajstić information content (AvgIpc) is 3.28. The first-order chi connectivity index (χ1) is 14.6. The van der Waals surface area contributed by atoms with E-state index in [1.807, 2.05) is 30.3 Å². The molecule has 7 heteroatoms. The largest absolute Gasteiger partial charge is 0.459 e. The van der Waals surface area contributed by atoms with E-state index in [0.717, 1.165) is 16.7 Å². The fourth-order valence-electron chi connectivity index (χ4n) is 3.35. The number of hydrogen-bond donors (Lipinski definition) is 2. The maximum absolute atomic E-state index is 12.6. The molecule has 4 rings (SSSR count). The van der Waals surface area contributed by atoms with Crippen LogP contribution in [0.3, 0.4) is 0 Å². The van der Waals surface area contributed by atoms with Crippen molar-refractivity contribution in [1.29, 1.82) is 0 Å². The summed E-state index contributed by atoms with van der Waals surface area (Å²) in [7, 11) is 0. The Bertz CT molecular complexity index is 1060. The Morgan fingerprint density at radius 3 is 2.53 bits per heavy atom. The van der Waals surface area contributed by atoms with Gasteiger partial charge in [0.05, 0.1) is 12.8 Å². The first-order valence-electron chi connectivity index (χ1n) is 9.68. The number of furan rings is 1. The maximum atomic E-state index is 12.6. The van der Waals surface area contributed by atoms with Gasteiger partial charge in [0.1, 0.15) is 0 Å². The van der Waals surface area contributed by atoms with Gasteiger partial charge in [-0.25, -0.2) is 0 Å². The number of carbonyl (C=O) groups excluding carboxylic acids is 3. The summed E-state index contributed by atoms with van der Waals surface area (Å²) in [5.74, 6) is -0.375. The summed E-state index contributed by atoms with van der Waals surface area (Å²) in [6, 6.07) is 18.3. The third-order valence-electron chi connectivity index (χ3n) is 4.94. The molecule has 2 heterocycles. The summed E-state index contributed by atoms with van der Waals surface area (Å²) < 4.78 is 5.40. The van der Waals surface area contributed by atoms with Crippen molar-refractivity contribution in [3.63, 3.8) is 0 Å². The molecule has 0 bridgehead atoms. The van der Waals surface area contributed by atoms with Crippen LogP contribution >= 0.6 is 0 Å². The van der Waals surface area contributed by atoms with Gasteiger partial charge in [-0.15, -0.1) is 0 Å². The fraction of sp³-hybridized carbons (Fsp3) is 0.174. The van der Waals surface area contributed by atoms with Gasteiger partial charge in [0.25, 0.3) is 11.8 Å². The minimum absolute atomic E-state index is 0.0730. The fourth-order valence-corrected chi connectivity index (χ4v) is 3.35. The van der Waals surface area contributed by atoms with Crippen molar-refractivity contribution in [3.8, 4) is 11.1 Å². The first kappa shape index (κ1) is 19.4. The highest BCUT2D eigenvalue weighted by atomic mass is 16.3. The van der Waals surface area contributed by atoms with Gasteiger partial charge in [0, 0.05) is 30.8 Å². The van der Waals surface area contributed by atoms with Gasteiger partial charge < -0.3 is 20.0 Å². The van der Waals surface area contributed by atoms with Gasteiger partial charge in [-0.3, -0.25) is 14.4 Å². The number of benzene rings is 2. The molecule has 1 aromatic heterocycles. The normalized spacial score (nSPS) is 13.6. The number of hydrogen-bond acceptors (Lipinski definition) is 4. The molecule has 0 aliphatic carbocycles. The van der Waals surface area contributed by atoms with Crippen LogP contribution in [0.1, 0.15) is 26.5 Å². The zero-order valence-electron chi connectivity index (χ0n) is 16.3. The van der Waals surface area contributed by atoms with Gasteiger partial charge in [0.2, 0.25) is 5.91 Å². The molecule has 0 saturated carbocycles. The Morgan fingerprint density at radius 1 is 1.03 bits per heavy atom. The Hall–Kier alpha value is -3.87. The van der Waals surface area contributed by atoms with Crippen molar-refractivity contribution in [2.45, 2.75) is 6.54 Å². The molecule has 3 aromatic rings. The van der Waals surface area contributed by atoms with E-state index in [1.54, 1.807) is 30.3 Å². The second kappa shape index (κ2) is 8.65. The molecule has 0 spiro atoms. The van der Waals surface area contributed by atoms with E-state index >= 15 is 0 Å². The Morgan fingerprint density at radius 2 is 1.80 bits per heavy atom. The quantitative estimate of drug-likeness (QED) is 0.685. The molecule has 0 atom stereocenters. The summed E-state index contributed by atoms with van der Waals surface area (Å²) in [5.41, 5.74) is 3.01. The molecule has 0 radical (unpaired) electrons. The zero-order chi connectivity index (χ0) is 20.9. The van der Waals surface area contributed by atoms with E-state index in [-0.39, 0.29) is 30.0 Å². The van der Waals surface area contributed by atoms with Crippen molar-refractivity contribution < 1.29 is 18.8 Å². The Labute approximate surface area is 173 Å². The van der Waals surface area contributed by atoms with E-state index in [2.05, 4.69) is 10.6 Å². The minimum atomic E-state index is -0.307. The van der Waals surface area contributed by atoms with Gasteiger partial charge in [-0.2, -0.15) is 0 Å². The van der Waals surface area contributed by atoms with Crippen molar-refractivity contribution in [2.75, 3.05) is 19.6 Å². The SMILES string of the molecule is O=C1CN(C(=O)c2ccc(CNC(=O)c3occc3-c3ccccc3)cc2)CCN1. The van der Waals surface area contributed by atoms with Crippen molar-refractivity contribution in [1.82, 2.24) is 15.5 Å². The number of nitrogens with zero attached hydrogens (tertiary/aromatic N) is 1. The standard InChI is InChI=1S/C23H21N3O4/c27-20-15-26(12-11-24-20)23(29)18-8-6-16(7-9-18)14-25-22(28)21-19(10-13-30-21)17-4-2-1-3-5-17/h1-10,13H,11-12,14-15H2,(H,24,27)(H,25,28). The number of nitrogens with one attached hydrogen (secondary N) is 2. The lowest BCUT2D eigenvalue weighted by molar-refractivity contribution is -0.123. The number of piperazine rings is 1. The molecular weight excluding hydrogens is 382 g/mol. The molecule has 0 unspecified atom stereocenters. The molecule has 152 valence electrons. The Kier molecular flexibility index (Phi) is 5.61. The summed E-state index contributed by atoms with van der Waals surface area (Å²) >= 11 is 0. The third-order valence-corrected chi connectivity index (χ3v) is 4.94. The second-order valence-corrected chi connectivity index (χ2v) is 6.99. The zero-order valence-corrected chi connectivity index (χ0v) is 16.3. The monoisotopic (exact) mass is 403 g/mol. The topological polar surface area (TPSA) is 91.7 Å². The van der Waals surface area contributed by atoms with Crippen LogP contribution in [-0.2, 0) is 11.3 Å². The van der Waals surface area contributed by atoms with Crippen LogP contribution in [-0.4, -0.2) is 42.3 Å². The molecule has 1 aliphatic rings. The van der Waals surface area contributed by atoms with Crippen LogP contribution in [0.15, 0.2) is 71.3 Å². The smallest absolute Gasteiger partial charge is 0.287 e. The lowest BCUT2D eigenvalue weighted by Gasteiger charge is -2.26. The van der Waals surface area contributed by atoms with Crippen LogP contribution in [0.25, 0.3) is 11.1 Å². The first-order valence-corrected chi connectivity index (χ1v) is 9.68. The molecule has 1 fully saturated rings. The third kappa shape index (κ3) is 4.25. The van der Waals surface area contributed by atoms with E-state index in [0.29, 0.717) is 25.2 Å². The molecule has 1 aliphatic heterocycles. The van der Waals surface area contributed by atoms with Crippen LogP contribution < -0.4 is 10.6 Å². The van der Waals surface area contributed by atoms with E-state index in [9.17, 15) is 14.4 Å². The van der Waals surface area contributed by atoms with Crippen LogP contribution in [0.5, 0.6) is 0 Å². The molecule has 30 heavy (non-hydrogen) atoms. The highest BCUT2D eigenvalue weighted by molar-refractivity contribution is 5.98. The molecule has 1 saturated heterocycles. The van der Waals surface area contributed by atoms with Crippen molar-refractivity contribution in [3.05, 3.63) is 83.8 Å². The summed E-state index contributed by atoms with van der Waals surface area (Å²) in [6.45, 7) is 1.33. The van der Waals surface area contributed by atoms with E-state index < -0.39 is 0 Å². The molecule has 7 nitrogen and oxygen atoms in total. The highest BCUT2D eigenvalue weighted by Gasteiger charge is 2.22. The molecule has 3 amide bonds. The predicted molar refractivity (Wildman–Crippen MR) is 111 cm³/mol. The lowest BCUT2D eigenvalue weighted by atomic mass is 10.1. The minimum Gasteiger partial charge on any atom is -0.459 e. The Balaban J connectivity index is 1.38. The molecule has 2 N–H and O–H groups in total. The van der Waals surface area contributed by atoms with E-state index in [4.69, 9.17) is 4.42 Å². The van der Waals surface area contributed by atoms with Crippen molar-refractivity contribution in [2.24, 2.45) is 0 Å². The van der Waals surface area contributed by atoms with Gasteiger partial charge in [0.15, 0.2) is 5.76 Å². The lowest BCUT2D eigenvalue weighted by Crippen LogP contribution is -2.49. The van der Waals surface area contributed by atoms with Crippen LogP contribution in [0.2, 0.25) is 0 Å². The van der Waals surface area contributed by atoms with Gasteiger partial charge >= 0.3 is 0 Å². The number of rotatable bonds is 5. The van der Waals surface area contributed by atoms with Crippen LogP contribution in [0.4, 0.5) is 0 Å². The maximum Gasteiger partial charge on any atom is 0.287 e. The highest BCUT2D eigenvalue weighted by Crippen LogP contribution is 2.24. The predicted octanol–water partition coefficient (Wildman–Crippen LogP) is 2.45. The number of carbonyl (C=O) groups is 3. The second-order valence-electron chi connectivity index (χ2n) is 6.99. The van der Waals surface area contributed by atoms with Crippen molar-refractivity contribution >= 4 is 17.7 Å². The van der Waals surface area contributed by atoms with Crippen LogP contribution in [0, 0.1) is 0 Å². The summed E-state index contributed by atoms with van der Waals surface area (Å²) in [6.07, 6.45) is 1.50. The summed E-state index contributed by atoms with van der Waals surface area (Å²) in [4.78, 5) is 38.1. The summed E-state index contributed by atoms with van der Waals surface area (Å²) in [5, 5.41) is 5.55. The van der Waals surface area contributed by atoms with Gasteiger partial charge in [-0.05, 0) is 29.3 Å².